The van der Waals surface area contributed by atoms with Gasteiger partial charge in [0, 0.05) is 31.1 Å². The van der Waals surface area contributed by atoms with Crippen LogP contribution in [0.1, 0.15) is 25.0 Å². The SMILES string of the molecule is COc1cc(NC(=O)CCc2ccco2)ccc1N1CCCCS1(=O)=O. The first-order chi connectivity index (χ1) is 12.5. The second kappa shape index (κ2) is 7.82. The van der Waals surface area contributed by atoms with Crippen LogP contribution < -0.4 is 14.4 Å². The van der Waals surface area contributed by atoms with Crippen LogP contribution in [0.4, 0.5) is 11.4 Å². The number of rotatable bonds is 6. The van der Waals surface area contributed by atoms with Crippen molar-refractivity contribution in [2.75, 3.05) is 29.0 Å². The van der Waals surface area contributed by atoms with E-state index < -0.39 is 10.0 Å². The number of benzene rings is 1. The van der Waals surface area contributed by atoms with Gasteiger partial charge in [-0.15, -0.1) is 0 Å². The predicted molar refractivity (Wildman–Crippen MR) is 99.0 cm³/mol. The summed E-state index contributed by atoms with van der Waals surface area (Å²) in [4.78, 5) is 12.1. The molecule has 0 bridgehead atoms. The summed E-state index contributed by atoms with van der Waals surface area (Å²) in [6.07, 6.45) is 3.86. The molecular weight excluding hydrogens is 356 g/mol. The number of methoxy groups -OCH3 is 1. The maximum Gasteiger partial charge on any atom is 0.235 e. The molecule has 0 aliphatic carbocycles. The Kier molecular flexibility index (Phi) is 5.51. The van der Waals surface area contributed by atoms with Gasteiger partial charge in [0.15, 0.2) is 0 Å². The number of aryl methyl sites for hydroxylation is 1. The number of furan rings is 1. The molecule has 1 aliphatic rings. The molecule has 8 heteroatoms. The summed E-state index contributed by atoms with van der Waals surface area (Å²) in [5, 5.41) is 2.80. The van der Waals surface area contributed by atoms with Crippen LogP contribution in [0.5, 0.6) is 5.75 Å². The molecule has 1 amide bonds. The summed E-state index contributed by atoms with van der Waals surface area (Å²) < 4.78 is 36.6. The van der Waals surface area contributed by atoms with E-state index in [2.05, 4.69) is 5.32 Å². The summed E-state index contributed by atoms with van der Waals surface area (Å²) >= 11 is 0. The lowest BCUT2D eigenvalue weighted by atomic mass is 10.2. The van der Waals surface area contributed by atoms with Gasteiger partial charge in [0.2, 0.25) is 15.9 Å². The van der Waals surface area contributed by atoms with Gasteiger partial charge in [0.25, 0.3) is 0 Å². The Morgan fingerprint density at radius 1 is 1.31 bits per heavy atom. The van der Waals surface area contributed by atoms with Crippen LogP contribution in [0, 0.1) is 0 Å². The standard InChI is InChI=1S/C18H22N2O5S/c1-24-17-13-14(19-18(21)9-7-15-5-4-11-25-15)6-8-16(17)20-10-2-3-12-26(20,22)23/h4-6,8,11,13H,2-3,7,9-10,12H2,1H3,(H,19,21). The molecule has 0 spiro atoms. The van der Waals surface area contributed by atoms with Gasteiger partial charge < -0.3 is 14.5 Å². The van der Waals surface area contributed by atoms with E-state index in [9.17, 15) is 13.2 Å². The minimum atomic E-state index is -3.32. The lowest BCUT2D eigenvalue weighted by molar-refractivity contribution is -0.116. The lowest BCUT2D eigenvalue weighted by Crippen LogP contribution is -2.38. The number of nitrogens with zero attached hydrogens (tertiary/aromatic N) is 1. The average molecular weight is 378 g/mol. The summed E-state index contributed by atoms with van der Waals surface area (Å²) in [6.45, 7) is 0.438. The van der Waals surface area contributed by atoms with Gasteiger partial charge in [-0.2, -0.15) is 0 Å². The molecule has 3 rings (SSSR count). The Balaban J connectivity index is 1.71. The van der Waals surface area contributed by atoms with Gasteiger partial charge >= 0.3 is 0 Å². The third-order valence-corrected chi connectivity index (χ3v) is 6.12. The smallest absolute Gasteiger partial charge is 0.235 e. The van der Waals surface area contributed by atoms with Crippen molar-refractivity contribution in [3.05, 3.63) is 42.4 Å². The van der Waals surface area contributed by atoms with Gasteiger partial charge in [-0.3, -0.25) is 9.10 Å². The molecule has 1 aromatic carbocycles. The summed E-state index contributed by atoms with van der Waals surface area (Å²) in [5.74, 6) is 1.16. The molecule has 1 aromatic heterocycles. The van der Waals surface area contributed by atoms with E-state index in [-0.39, 0.29) is 18.1 Å². The van der Waals surface area contributed by atoms with E-state index in [1.54, 1.807) is 30.5 Å². The number of anilines is 2. The van der Waals surface area contributed by atoms with Crippen molar-refractivity contribution in [2.45, 2.75) is 25.7 Å². The second-order valence-corrected chi connectivity index (χ2v) is 8.12. The maximum atomic E-state index is 12.3. The zero-order valence-electron chi connectivity index (χ0n) is 14.6. The maximum absolute atomic E-state index is 12.3. The van der Waals surface area contributed by atoms with E-state index in [1.165, 1.54) is 11.4 Å². The number of sulfonamides is 1. The van der Waals surface area contributed by atoms with Gasteiger partial charge in [0.1, 0.15) is 11.5 Å². The van der Waals surface area contributed by atoms with Crippen molar-refractivity contribution in [1.29, 1.82) is 0 Å². The Bertz CT molecular complexity index is 862. The van der Waals surface area contributed by atoms with E-state index in [1.807, 2.05) is 6.07 Å². The molecule has 2 aromatic rings. The van der Waals surface area contributed by atoms with E-state index >= 15 is 0 Å². The Morgan fingerprint density at radius 2 is 2.15 bits per heavy atom. The molecule has 0 radical (unpaired) electrons. The molecule has 1 aliphatic heterocycles. The van der Waals surface area contributed by atoms with Crippen LogP contribution in [0.25, 0.3) is 0 Å². The van der Waals surface area contributed by atoms with Gasteiger partial charge in [-0.05, 0) is 37.1 Å². The van der Waals surface area contributed by atoms with Crippen molar-refractivity contribution in [2.24, 2.45) is 0 Å². The highest BCUT2D eigenvalue weighted by Gasteiger charge is 2.28. The normalized spacial score (nSPS) is 16.3. The fraction of sp³-hybridized carbons (Fsp3) is 0.389. The highest BCUT2D eigenvalue weighted by Crippen LogP contribution is 2.34. The Labute approximate surface area is 153 Å². The molecule has 1 saturated heterocycles. The van der Waals surface area contributed by atoms with Gasteiger partial charge in [0.05, 0.1) is 24.8 Å². The zero-order chi connectivity index (χ0) is 18.6. The first-order valence-corrected chi connectivity index (χ1v) is 10.1. The largest absolute Gasteiger partial charge is 0.494 e. The van der Waals surface area contributed by atoms with Gasteiger partial charge in [-0.1, -0.05) is 0 Å². The summed E-state index contributed by atoms with van der Waals surface area (Å²) in [7, 11) is -1.84. The fourth-order valence-electron chi connectivity index (χ4n) is 2.94. The molecule has 1 fully saturated rings. The van der Waals surface area contributed by atoms with Crippen LogP contribution in [-0.4, -0.2) is 33.7 Å². The highest BCUT2D eigenvalue weighted by atomic mass is 32.2. The van der Waals surface area contributed by atoms with Crippen molar-refractivity contribution in [3.63, 3.8) is 0 Å². The van der Waals surface area contributed by atoms with Crippen LogP contribution >= 0.6 is 0 Å². The zero-order valence-corrected chi connectivity index (χ0v) is 15.4. The number of amides is 1. The molecule has 2 heterocycles. The first kappa shape index (κ1) is 18.3. The molecule has 7 nitrogen and oxygen atoms in total. The Hall–Kier alpha value is -2.48. The molecule has 0 atom stereocenters. The van der Waals surface area contributed by atoms with Gasteiger partial charge in [-0.25, -0.2) is 8.42 Å². The number of hydrogen-bond donors (Lipinski definition) is 1. The number of ether oxygens (including phenoxy) is 1. The molecule has 1 N–H and O–H groups in total. The molecule has 0 saturated carbocycles. The van der Waals surface area contributed by atoms with Crippen LogP contribution in [-0.2, 0) is 21.2 Å². The minimum absolute atomic E-state index is 0.140. The number of nitrogens with one attached hydrogen (secondary N) is 1. The van der Waals surface area contributed by atoms with E-state index in [0.717, 1.165) is 12.2 Å². The van der Waals surface area contributed by atoms with Crippen molar-refractivity contribution >= 4 is 27.3 Å². The quantitative estimate of drug-likeness (QED) is 0.835. The molecule has 140 valence electrons. The van der Waals surface area contributed by atoms with Crippen molar-refractivity contribution in [3.8, 4) is 5.75 Å². The number of carbonyl (C=O) groups is 1. The van der Waals surface area contributed by atoms with E-state index in [0.29, 0.717) is 36.5 Å². The average Bonchev–Trinajstić information content (AvgIpc) is 3.13. The molecular formula is C18H22N2O5S. The lowest BCUT2D eigenvalue weighted by Gasteiger charge is -2.29. The van der Waals surface area contributed by atoms with Crippen LogP contribution in [0.2, 0.25) is 0 Å². The monoisotopic (exact) mass is 378 g/mol. The summed E-state index contributed by atoms with van der Waals surface area (Å²) in [6, 6.07) is 8.61. The highest BCUT2D eigenvalue weighted by molar-refractivity contribution is 7.92. The molecule has 0 unspecified atom stereocenters. The van der Waals surface area contributed by atoms with E-state index in [4.69, 9.17) is 9.15 Å². The second-order valence-electron chi connectivity index (χ2n) is 6.11. The summed E-state index contributed by atoms with van der Waals surface area (Å²) in [5.41, 5.74) is 1.06. The van der Waals surface area contributed by atoms with Crippen LogP contribution in [0.15, 0.2) is 41.0 Å². The topological polar surface area (TPSA) is 88.8 Å². The minimum Gasteiger partial charge on any atom is -0.494 e. The molecule has 26 heavy (non-hydrogen) atoms. The number of hydrogen-bond acceptors (Lipinski definition) is 5. The Morgan fingerprint density at radius 3 is 2.85 bits per heavy atom. The first-order valence-electron chi connectivity index (χ1n) is 8.50. The predicted octanol–water partition coefficient (Wildman–Crippen LogP) is 2.79. The van der Waals surface area contributed by atoms with Crippen molar-refractivity contribution in [1.82, 2.24) is 0 Å². The number of carbonyl (C=O) groups excluding carboxylic acids is 1. The van der Waals surface area contributed by atoms with Crippen molar-refractivity contribution < 1.29 is 22.4 Å². The van der Waals surface area contributed by atoms with Crippen LogP contribution in [0.3, 0.4) is 0 Å². The fourth-order valence-corrected chi connectivity index (χ4v) is 4.58. The third-order valence-electron chi connectivity index (χ3n) is 4.26. The third kappa shape index (κ3) is 4.19.